The Labute approximate surface area is 234 Å². The van der Waals surface area contributed by atoms with Gasteiger partial charge in [0.1, 0.15) is 0 Å². The Bertz CT molecular complexity index is 2190. The minimum Gasteiger partial charge on any atom is -0.106 e. The van der Waals surface area contributed by atoms with Gasteiger partial charge in [0.05, 0.1) is 0 Å². The molecule has 0 aliphatic heterocycles. The van der Waals surface area contributed by atoms with Crippen LogP contribution >= 0.6 is 0 Å². The summed E-state index contributed by atoms with van der Waals surface area (Å²) in [6.07, 6.45) is 0. The fourth-order valence-corrected chi connectivity index (χ4v) is 6.33. The van der Waals surface area contributed by atoms with E-state index in [4.69, 9.17) is 0 Å². The maximum atomic E-state index is 3.00. The Morgan fingerprint density at radius 3 is 1.38 bits per heavy atom. The highest BCUT2D eigenvalue weighted by molar-refractivity contribution is 6.24. The average molecular weight is 509 g/mol. The van der Waals surface area contributed by atoms with Gasteiger partial charge in [-0.2, -0.15) is 0 Å². The van der Waals surface area contributed by atoms with E-state index in [2.05, 4.69) is 159 Å². The van der Waals surface area contributed by atoms with Crippen LogP contribution in [0.2, 0.25) is 0 Å². The van der Waals surface area contributed by atoms with Crippen molar-refractivity contribution in [1.29, 1.82) is 0 Å². The van der Waals surface area contributed by atoms with Gasteiger partial charge in [-0.3, -0.25) is 0 Å². The molecular formula is C40H28. The molecule has 0 nitrogen and oxygen atoms in total. The fraction of sp³-hybridized carbons (Fsp3) is 0. The third kappa shape index (κ3) is 3.69. The second kappa shape index (κ2) is 9.84. The predicted octanol–water partition coefficient (Wildman–Crippen LogP) is 11.6. The van der Waals surface area contributed by atoms with Crippen LogP contribution in [0.5, 0.6) is 0 Å². The quantitative estimate of drug-likeness (QED) is 0.124. The first-order valence-corrected chi connectivity index (χ1v) is 13.7. The Morgan fingerprint density at radius 1 is 0.275 bits per heavy atom. The van der Waals surface area contributed by atoms with Gasteiger partial charge in [0.2, 0.25) is 0 Å². The summed E-state index contributed by atoms with van der Waals surface area (Å²) >= 11 is 0. The van der Waals surface area contributed by atoms with Gasteiger partial charge in [0.15, 0.2) is 0 Å². The molecule has 0 amide bonds. The molecule has 0 atom stereocenters. The van der Waals surface area contributed by atoms with Gasteiger partial charge in [-0.15, -0.1) is 13.2 Å². The van der Waals surface area contributed by atoms with Crippen molar-refractivity contribution in [1.82, 2.24) is 0 Å². The second-order valence-corrected chi connectivity index (χ2v) is 10.1. The van der Waals surface area contributed by atoms with Crippen molar-refractivity contribution in [2.45, 2.75) is 0 Å². The smallest absolute Gasteiger partial charge is 0.00201 e. The maximum absolute atomic E-state index is 3.00. The van der Waals surface area contributed by atoms with Crippen LogP contribution in [0.25, 0.3) is 76.1 Å². The molecule has 0 spiro atoms. The van der Waals surface area contributed by atoms with Crippen LogP contribution in [0, 0.1) is 0 Å². The second-order valence-electron chi connectivity index (χ2n) is 10.1. The normalized spacial score (nSPS) is 11.2. The van der Waals surface area contributed by atoms with Crippen LogP contribution in [-0.4, -0.2) is 0 Å². The highest BCUT2D eigenvalue weighted by Gasteiger charge is 2.17. The number of fused-ring (bicyclic) bond motifs is 6. The summed E-state index contributed by atoms with van der Waals surface area (Å²) in [7, 11) is 0. The monoisotopic (exact) mass is 508 g/mol. The highest BCUT2D eigenvalue weighted by Crippen LogP contribution is 2.44. The van der Waals surface area contributed by atoms with E-state index in [9.17, 15) is 0 Å². The molecule has 188 valence electrons. The molecule has 0 fully saturated rings. The molecule has 0 radical (unpaired) electrons. The lowest BCUT2D eigenvalue weighted by molar-refractivity contribution is 1.68. The van der Waals surface area contributed by atoms with Gasteiger partial charge in [0.25, 0.3) is 0 Å². The van der Waals surface area contributed by atoms with Crippen molar-refractivity contribution < 1.29 is 0 Å². The molecule has 0 N–H and O–H groups in total. The molecule has 0 bridgehead atoms. The van der Waals surface area contributed by atoms with Crippen molar-refractivity contribution in [3.05, 3.63) is 159 Å². The van der Waals surface area contributed by atoms with E-state index in [0.717, 1.165) is 0 Å². The van der Waals surface area contributed by atoms with Crippen molar-refractivity contribution in [2.24, 2.45) is 0 Å². The van der Waals surface area contributed by atoms with Crippen LogP contribution in [0.1, 0.15) is 0 Å². The van der Waals surface area contributed by atoms with Gasteiger partial charge < -0.3 is 0 Å². The molecule has 8 aromatic rings. The van der Waals surface area contributed by atoms with Gasteiger partial charge in [-0.25, -0.2) is 0 Å². The van der Waals surface area contributed by atoms with E-state index >= 15 is 0 Å². The molecule has 0 aliphatic carbocycles. The van der Waals surface area contributed by atoms with Gasteiger partial charge in [-0.05, 0) is 82.2 Å². The standard InChI is InChI=1S/C38H24.C2H4/c1-4-15-28-25(10-1)13-7-18-31(28)32-19-9-21-34-37(32)24-36-30-17-6-3-12-27(30)22-23-35(36)38(34)33-20-8-14-26-11-2-5-16-29(26)33;1-2/h1-24H;1-2H2. The average Bonchev–Trinajstić information content (AvgIpc) is 3.04. The molecule has 40 heavy (non-hydrogen) atoms. The van der Waals surface area contributed by atoms with E-state index in [-0.39, 0.29) is 0 Å². The Hall–Kier alpha value is -5.20. The molecule has 0 saturated heterocycles. The number of rotatable bonds is 2. The van der Waals surface area contributed by atoms with Crippen molar-refractivity contribution in [3.8, 4) is 22.3 Å². The Kier molecular flexibility index (Phi) is 5.87. The van der Waals surface area contributed by atoms with Crippen molar-refractivity contribution >= 4 is 53.9 Å². The zero-order chi connectivity index (χ0) is 27.1. The van der Waals surface area contributed by atoms with E-state index in [1.807, 2.05) is 0 Å². The summed E-state index contributed by atoms with van der Waals surface area (Å²) in [5, 5.41) is 12.8. The van der Waals surface area contributed by atoms with Crippen molar-refractivity contribution in [3.63, 3.8) is 0 Å². The Morgan fingerprint density at radius 2 is 0.700 bits per heavy atom. The molecule has 0 aromatic heterocycles. The SMILES string of the molecule is C=C.c1ccc2c(-c3cccc4c(-c5cccc6ccccc56)c5ccc6ccccc6c5cc34)cccc2c1. The lowest BCUT2D eigenvalue weighted by Gasteiger charge is -2.18. The van der Waals surface area contributed by atoms with Gasteiger partial charge >= 0.3 is 0 Å². The molecule has 0 heterocycles. The number of hydrogen-bond acceptors (Lipinski definition) is 0. The topological polar surface area (TPSA) is 0 Å². The lowest BCUT2D eigenvalue weighted by atomic mass is 9.85. The summed E-state index contributed by atoms with van der Waals surface area (Å²) in [6.45, 7) is 6.00. The fourth-order valence-electron chi connectivity index (χ4n) is 6.33. The number of hydrogen-bond donors (Lipinski definition) is 0. The largest absolute Gasteiger partial charge is 0.106 e. The third-order valence-corrected chi connectivity index (χ3v) is 8.04. The molecule has 8 aromatic carbocycles. The molecule has 0 aliphatic rings. The van der Waals surface area contributed by atoms with Crippen molar-refractivity contribution in [2.75, 3.05) is 0 Å². The molecule has 0 heteroatoms. The molecular weight excluding hydrogens is 480 g/mol. The van der Waals surface area contributed by atoms with Gasteiger partial charge in [0, 0.05) is 0 Å². The molecule has 0 unspecified atom stereocenters. The van der Waals surface area contributed by atoms with Crippen LogP contribution in [-0.2, 0) is 0 Å². The van der Waals surface area contributed by atoms with Gasteiger partial charge in [-0.1, -0.05) is 140 Å². The predicted molar refractivity (Wildman–Crippen MR) is 176 cm³/mol. The maximum Gasteiger partial charge on any atom is -0.00201 e. The first kappa shape index (κ1) is 23.9. The molecule has 0 saturated carbocycles. The first-order valence-electron chi connectivity index (χ1n) is 13.7. The first-order chi connectivity index (χ1) is 19.9. The Balaban J connectivity index is 0.00000130. The van der Waals surface area contributed by atoms with Crippen LogP contribution in [0.4, 0.5) is 0 Å². The minimum atomic E-state index is 1.26. The zero-order valence-corrected chi connectivity index (χ0v) is 22.3. The lowest BCUT2D eigenvalue weighted by Crippen LogP contribution is -1.91. The van der Waals surface area contributed by atoms with E-state index in [1.165, 1.54) is 76.1 Å². The van der Waals surface area contributed by atoms with Crippen LogP contribution < -0.4 is 0 Å². The summed E-state index contributed by atoms with van der Waals surface area (Å²) in [5.41, 5.74) is 5.14. The minimum absolute atomic E-state index is 1.26. The summed E-state index contributed by atoms with van der Waals surface area (Å²) in [6, 6.07) is 53.4. The van der Waals surface area contributed by atoms with E-state index in [0.29, 0.717) is 0 Å². The van der Waals surface area contributed by atoms with E-state index in [1.54, 1.807) is 0 Å². The number of benzene rings is 8. The zero-order valence-electron chi connectivity index (χ0n) is 22.3. The molecule has 8 rings (SSSR count). The summed E-state index contributed by atoms with van der Waals surface area (Å²) in [4.78, 5) is 0. The summed E-state index contributed by atoms with van der Waals surface area (Å²) < 4.78 is 0. The summed E-state index contributed by atoms with van der Waals surface area (Å²) in [5.74, 6) is 0. The third-order valence-electron chi connectivity index (χ3n) is 8.04. The highest BCUT2D eigenvalue weighted by atomic mass is 14.2. The van der Waals surface area contributed by atoms with Crippen LogP contribution in [0.15, 0.2) is 159 Å². The van der Waals surface area contributed by atoms with Crippen LogP contribution in [0.3, 0.4) is 0 Å². The van der Waals surface area contributed by atoms with E-state index < -0.39 is 0 Å².